The van der Waals surface area contributed by atoms with Crippen molar-refractivity contribution < 1.29 is 9.53 Å². The summed E-state index contributed by atoms with van der Waals surface area (Å²) in [4.78, 5) is 14.3. The van der Waals surface area contributed by atoms with Crippen LogP contribution in [0.15, 0.2) is 41.6 Å². The van der Waals surface area contributed by atoms with Crippen LogP contribution in [0, 0.1) is 27.7 Å². The van der Waals surface area contributed by atoms with Gasteiger partial charge in [-0.1, -0.05) is 53.7 Å². The Labute approximate surface area is 187 Å². The third kappa shape index (κ3) is 5.58. The molecule has 0 saturated heterocycles. The number of ether oxygens (including phenoxy) is 1. The van der Waals surface area contributed by atoms with Gasteiger partial charge in [-0.3, -0.25) is 4.79 Å². The van der Waals surface area contributed by atoms with Crippen LogP contribution in [0.5, 0.6) is 5.75 Å². The first-order valence-electron chi connectivity index (χ1n) is 10.1. The minimum absolute atomic E-state index is 0.00121. The van der Waals surface area contributed by atoms with Gasteiger partial charge in [0.15, 0.2) is 5.82 Å². The van der Waals surface area contributed by atoms with Gasteiger partial charge in [0.1, 0.15) is 12.4 Å². The third-order valence-corrected chi connectivity index (χ3v) is 6.07. The number of aromatic nitrogens is 3. The summed E-state index contributed by atoms with van der Waals surface area (Å²) < 4.78 is 7.29. The number of hydrogen-bond acceptors (Lipinski definition) is 6. The molecule has 1 heterocycles. The van der Waals surface area contributed by atoms with Gasteiger partial charge >= 0.3 is 0 Å². The summed E-state index contributed by atoms with van der Waals surface area (Å²) in [7, 11) is 1.80. The van der Waals surface area contributed by atoms with E-state index >= 15 is 0 Å². The molecule has 1 amide bonds. The zero-order valence-electron chi connectivity index (χ0n) is 18.7. The van der Waals surface area contributed by atoms with Gasteiger partial charge in [-0.15, -0.1) is 10.2 Å². The molecule has 0 radical (unpaired) electrons. The molecule has 3 rings (SSSR count). The number of para-hydroxylation sites is 1. The van der Waals surface area contributed by atoms with E-state index in [1.54, 1.807) is 11.9 Å². The first-order valence-corrected chi connectivity index (χ1v) is 11.1. The van der Waals surface area contributed by atoms with Gasteiger partial charge in [0.2, 0.25) is 11.1 Å². The second-order valence-corrected chi connectivity index (χ2v) is 8.69. The second kappa shape index (κ2) is 9.87. The molecule has 0 fully saturated rings. The van der Waals surface area contributed by atoms with Gasteiger partial charge in [-0.05, 0) is 49.9 Å². The van der Waals surface area contributed by atoms with Crippen LogP contribution in [0.1, 0.15) is 33.6 Å². The number of nitrogens with two attached hydrogens (primary N) is 1. The van der Waals surface area contributed by atoms with E-state index in [4.69, 9.17) is 10.6 Å². The van der Waals surface area contributed by atoms with E-state index in [1.807, 2.05) is 32.0 Å². The maximum Gasteiger partial charge on any atom is 0.233 e. The summed E-state index contributed by atoms with van der Waals surface area (Å²) in [6.45, 7) is 8.89. The highest BCUT2D eigenvalue weighted by Crippen LogP contribution is 2.24. The summed E-state index contributed by atoms with van der Waals surface area (Å²) in [5.41, 5.74) is 5.64. The third-order valence-electron chi connectivity index (χ3n) is 5.15. The monoisotopic (exact) mass is 439 g/mol. The summed E-state index contributed by atoms with van der Waals surface area (Å²) in [6, 6.07) is 12.2. The largest absolute Gasteiger partial charge is 0.485 e. The van der Waals surface area contributed by atoms with Crippen LogP contribution in [0.4, 0.5) is 0 Å². The number of nitrogen functional groups attached to an aromatic ring is 1. The van der Waals surface area contributed by atoms with Crippen LogP contribution in [-0.4, -0.2) is 38.5 Å². The van der Waals surface area contributed by atoms with Crippen LogP contribution in [0.25, 0.3) is 0 Å². The van der Waals surface area contributed by atoms with Crippen molar-refractivity contribution >= 4 is 17.7 Å². The molecule has 2 aromatic carbocycles. The van der Waals surface area contributed by atoms with Gasteiger partial charge in [-0.2, -0.15) is 0 Å². The highest BCUT2D eigenvalue weighted by Gasteiger charge is 2.16. The van der Waals surface area contributed by atoms with Crippen LogP contribution < -0.4 is 10.6 Å². The molecule has 0 spiro atoms. The SMILES string of the molecule is Cc1ccc(CN(C)C(=O)CSc2nnc(COc3c(C)cccc3C)n2N)c(C)c1. The Hall–Kier alpha value is -3.00. The van der Waals surface area contributed by atoms with Gasteiger partial charge in [-0.25, -0.2) is 4.68 Å². The van der Waals surface area contributed by atoms with Crippen molar-refractivity contribution in [1.82, 2.24) is 19.8 Å². The number of carbonyl (C=O) groups is 1. The van der Waals surface area contributed by atoms with Crippen LogP contribution in [0.2, 0.25) is 0 Å². The van der Waals surface area contributed by atoms with Crippen molar-refractivity contribution in [3.63, 3.8) is 0 Å². The molecule has 1 aromatic heterocycles. The number of amides is 1. The topological polar surface area (TPSA) is 86.3 Å². The molecule has 0 saturated carbocycles. The van der Waals surface area contributed by atoms with E-state index in [9.17, 15) is 4.79 Å². The van der Waals surface area contributed by atoms with E-state index in [0.717, 1.165) is 22.4 Å². The Morgan fingerprint density at radius 1 is 1.10 bits per heavy atom. The zero-order valence-corrected chi connectivity index (χ0v) is 19.5. The molecule has 7 nitrogen and oxygen atoms in total. The molecule has 31 heavy (non-hydrogen) atoms. The Morgan fingerprint density at radius 3 is 2.48 bits per heavy atom. The van der Waals surface area contributed by atoms with E-state index in [2.05, 4.69) is 42.2 Å². The number of thioether (sulfide) groups is 1. The molecule has 0 aliphatic carbocycles. The zero-order chi connectivity index (χ0) is 22.5. The quantitative estimate of drug-likeness (QED) is 0.427. The first-order chi connectivity index (χ1) is 14.8. The minimum atomic E-state index is 0.00121. The van der Waals surface area contributed by atoms with Crippen molar-refractivity contribution in [2.45, 2.75) is 46.0 Å². The molecular weight excluding hydrogens is 410 g/mol. The van der Waals surface area contributed by atoms with Crippen molar-refractivity contribution in [1.29, 1.82) is 0 Å². The predicted molar refractivity (Wildman–Crippen MR) is 124 cm³/mol. The van der Waals surface area contributed by atoms with E-state index in [0.29, 0.717) is 17.5 Å². The fourth-order valence-electron chi connectivity index (χ4n) is 3.27. The lowest BCUT2D eigenvalue weighted by atomic mass is 10.1. The van der Waals surface area contributed by atoms with Crippen molar-refractivity contribution in [2.24, 2.45) is 0 Å². The first kappa shape index (κ1) is 22.7. The highest BCUT2D eigenvalue weighted by atomic mass is 32.2. The smallest absolute Gasteiger partial charge is 0.233 e. The fraction of sp³-hybridized carbons (Fsp3) is 0.348. The summed E-state index contributed by atoms with van der Waals surface area (Å²) in [5.74, 6) is 7.68. The molecule has 0 unspecified atom stereocenters. The molecule has 8 heteroatoms. The Morgan fingerprint density at radius 2 is 1.81 bits per heavy atom. The van der Waals surface area contributed by atoms with Gasteiger partial charge < -0.3 is 15.5 Å². The van der Waals surface area contributed by atoms with Crippen LogP contribution in [-0.2, 0) is 17.9 Å². The van der Waals surface area contributed by atoms with Crippen LogP contribution in [0.3, 0.4) is 0 Å². The lowest BCUT2D eigenvalue weighted by Gasteiger charge is -2.18. The average molecular weight is 440 g/mol. The molecule has 3 aromatic rings. The maximum absolute atomic E-state index is 12.6. The lowest BCUT2D eigenvalue weighted by molar-refractivity contribution is -0.127. The molecule has 0 aliphatic rings. The average Bonchev–Trinajstić information content (AvgIpc) is 3.07. The minimum Gasteiger partial charge on any atom is -0.485 e. The fourth-order valence-corrected chi connectivity index (χ4v) is 4.09. The number of aryl methyl sites for hydroxylation is 4. The molecule has 0 bridgehead atoms. The van der Waals surface area contributed by atoms with Crippen LogP contribution >= 0.6 is 11.8 Å². The summed E-state index contributed by atoms with van der Waals surface area (Å²) in [5, 5.41) is 8.71. The van der Waals surface area contributed by atoms with E-state index in [1.165, 1.54) is 27.6 Å². The molecule has 0 atom stereocenters. The number of rotatable bonds is 8. The normalized spacial score (nSPS) is 10.9. The van der Waals surface area contributed by atoms with E-state index < -0.39 is 0 Å². The van der Waals surface area contributed by atoms with Crippen molar-refractivity contribution in [3.8, 4) is 5.75 Å². The number of hydrogen-bond donors (Lipinski definition) is 1. The predicted octanol–water partition coefficient (Wildman–Crippen LogP) is 3.56. The van der Waals surface area contributed by atoms with Gasteiger partial charge in [0, 0.05) is 13.6 Å². The molecular formula is C23H29N5O2S. The second-order valence-electron chi connectivity index (χ2n) is 7.75. The summed E-state index contributed by atoms with van der Waals surface area (Å²) >= 11 is 1.27. The Kier molecular flexibility index (Phi) is 7.22. The van der Waals surface area contributed by atoms with Crippen molar-refractivity contribution in [2.75, 3.05) is 18.6 Å². The van der Waals surface area contributed by atoms with Gasteiger partial charge in [0.25, 0.3) is 0 Å². The number of benzene rings is 2. The molecule has 0 aliphatic heterocycles. The number of carbonyl (C=O) groups excluding carboxylic acids is 1. The summed E-state index contributed by atoms with van der Waals surface area (Å²) in [6.07, 6.45) is 0. The Bertz CT molecular complexity index is 1060. The number of nitrogens with zero attached hydrogens (tertiary/aromatic N) is 4. The van der Waals surface area contributed by atoms with E-state index in [-0.39, 0.29) is 18.3 Å². The Balaban J connectivity index is 1.56. The van der Waals surface area contributed by atoms with Gasteiger partial charge in [0.05, 0.1) is 5.75 Å². The molecule has 164 valence electrons. The highest BCUT2D eigenvalue weighted by molar-refractivity contribution is 7.99. The lowest BCUT2D eigenvalue weighted by Crippen LogP contribution is -2.28. The van der Waals surface area contributed by atoms with Crippen molar-refractivity contribution in [3.05, 3.63) is 70.0 Å². The maximum atomic E-state index is 12.6. The standard InChI is InChI=1S/C23H29N5O2S/c1-15-9-10-19(18(4)11-15)12-27(5)21(29)14-31-23-26-25-20(28(23)24)13-30-22-16(2)7-6-8-17(22)3/h6-11H,12-14,24H2,1-5H3. The molecule has 2 N–H and O–H groups in total.